The van der Waals surface area contributed by atoms with Gasteiger partial charge < -0.3 is 0 Å². The number of anilines is 1. The van der Waals surface area contributed by atoms with Gasteiger partial charge in [0, 0.05) is 16.6 Å². The minimum absolute atomic E-state index is 0.224. The average molecular weight is 344 g/mol. The van der Waals surface area contributed by atoms with E-state index in [4.69, 9.17) is 0 Å². The van der Waals surface area contributed by atoms with Gasteiger partial charge in [-0.1, -0.05) is 24.3 Å². The summed E-state index contributed by atoms with van der Waals surface area (Å²) in [6.45, 7) is 3.84. The average Bonchev–Trinajstić information content (AvgIpc) is 2.94. The van der Waals surface area contributed by atoms with E-state index in [1.165, 1.54) is 0 Å². The second kappa shape index (κ2) is 6.14. The van der Waals surface area contributed by atoms with Crippen LogP contribution in [0.25, 0.3) is 11.3 Å². The normalized spacial score (nSPS) is 11.4. The number of aromatic nitrogens is 1. The second-order valence-corrected chi connectivity index (χ2v) is 8.00. The van der Waals surface area contributed by atoms with Crippen LogP contribution in [0.1, 0.15) is 10.6 Å². The SMILES string of the molecule is Cc1cccc(NS(=O)(=O)c2cccc(-c3csc(C)n3)c2)c1. The molecule has 1 N–H and O–H groups in total. The zero-order chi connectivity index (χ0) is 16.4. The molecule has 1 aromatic heterocycles. The van der Waals surface area contributed by atoms with Crippen molar-refractivity contribution in [1.82, 2.24) is 4.98 Å². The molecule has 3 aromatic rings. The largest absolute Gasteiger partial charge is 0.280 e. The number of thiazole rings is 1. The zero-order valence-electron chi connectivity index (χ0n) is 12.8. The van der Waals surface area contributed by atoms with Crippen LogP contribution in [-0.4, -0.2) is 13.4 Å². The molecule has 0 fully saturated rings. The topological polar surface area (TPSA) is 59.1 Å². The lowest BCUT2D eigenvalue weighted by molar-refractivity contribution is 0.601. The predicted octanol–water partition coefficient (Wildman–Crippen LogP) is 4.23. The van der Waals surface area contributed by atoms with Crippen LogP contribution in [0, 0.1) is 13.8 Å². The highest BCUT2D eigenvalue weighted by Crippen LogP contribution is 2.25. The van der Waals surface area contributed by atoms with Gasteiger partial charge in [0.05, 0.1) is 15.6 Å². The van der Waals surface area contributed by atoms with Gasteiger partial charge in [-0.15, -0.1) is 11.3 Å². The van der Waals surface area contributed by atoms with Gasteiger partial charge >= 0.3 is 0 Å². The van der Waals surface area contributed by atoms with Crippen LogP contribution in [0.15, 0.2) is 58.8 Å². The van der Waals surface area contributed by atoms with Gasteiger partial charge in [-0.2, -0.15) is 0 Å². The van der Waals surface area contributed by atoms with E-state index < -0.39 is 10.0 Å². The van der Waals surface area contributed by atoms with E-state index in [9.17, 15) is 8.42 Å². The standard InChI is InChI=1S/C17H16N2O2S2/c1-12-5-3-7-15(9-12)19-23(20,21)16-8-4-6-14(10-16)17-11-22-13(2)18-17/h3-11,19H,1-2H3. The molecule has 118 valence electrons. The van der Waals surface area contributed by atoms with Crippen molar-refractivity contribution in [2.75, 3.05) is 4.72 Å². The molecule has 2 aromatic carbocycles. The van der Waals surface area contributed by atoms with Crippen molar-refractivity contribution >= 4 is 27.0 Å². The number of hydrogen-bond donors (Lipinski definition) is 1. The Balaban J connectivity index is 1.94. The van der Waals surface area contributed by atoms with Crippen LogP contribution in [0.2, 0.25) is 0 Å². The summed E-state index contributed by atoms with van der Waals surface area (Å²) >= 11 is 1.54. The molecular weight excluding hydrogens is 328 g/mol. The number of nitrogens with zero attached hydrogens (tertiary/aromatic N) is 1. The zero-order valence-corrected chi connectivity index (χ0v) is 14.4. The molecule has 0 aliphatic heterocycles. The molecule has 3 rings (SSSR count). The van der Waals surface area contributed by atoms with E-state index >= 15 is 0 Å². The Kier molecular flexibility index (Phi) is 4.19. The lowest BCUT2D eigenvalue weighted by Crippen LogP contribution is -2.13. The summed E-state index contributed by atoms with van der Waals surface area (Å²) in [5, 5.41) is 2.88. The third-order valence-electron chi connectivity index (χ3n) is 3.33. The maximum Gasteiger partial charge on any atom is 0.261 e. The molecule has 0 bridgehead atoms. The molecule has 0 saturated heterocycles. The molecule has 4 nitrogen and oxygen atoms in total. The quantitative estimate of drug-likeness (QED) is 0.770. The molecule has 0 aliphatic rings. The van der Waals surface area contributed by atoms with Gasteiger partial charge in [0.1, 0.15) is 0 Å². The Bertz CT molecular complexity index is 946. The number of benzene rings is 2. The first-order valence-electron chi connectivity index (χ1n) is 7.06. The molecule has 1 heterocycles. The monoisotopic (exact) mass is 344 g/mol. The van der Waals surface area contributed by atoms with E-state index in [2.05, 4.69) is 9.71 Å². The van der Waals surface area contributed by atoms with Crippen LogP contribution in [0.5, 0.6) is 0 Å². The van der Waals surface area contributed by atoms with Gasteiger partial charge in [0.2, 0.25) is 0 Å². The van der Waals surface area contributed by atoms with Crippen molar-refractivity contribution in [3.05, 3.63) is 64.5 Å². The third kappa shape index (κ3) is 3.60. The minimum Gasteiger partial charge on any atom is -0.280 e. The Morgan fingerprint density at radius 3 is 2.52 bits per heavy atom. The third-order valence-corrected chi connectivity index (χ3v) is 5.48. The van der Waals surface area contributed by atoms with Crippen LogP contribution in [0.4, 0.5) is 5.69 Å². The fourth-order valence-corrected chi connectivity index (χ4v) is 3.96. The molecule has 23 heavy (non-hydrogen) atoms. The van der Waals surface area contributed by atoms with E-state index in [1.807, 2.05) is 37.4 Å². The number of rotatable bonds is 4. The van der Waals surface area contributed by atoms with E-state index in [0.717, 1.165) is 21.8 Å². The molecule has 0 saturated carbocycles. The summed E-state index contributed by atoms with van der Waals surface area (Å²) in [4.78, 5) is 4.63. The van der Waals surface area contributed by atoms with Crippen molar-refractivity contribution in [3.8, 4) is 11.3 Å². The molecule has 0 aliphatic carbocycles. The van der Waals surface area contributed by atoms with Crippen molar-refractivity contribution in [2.45, 2.75) is 18.7 Å². The van der Waals surface area contributed by atoms with Crippen molar-refractivity contribution in [1.29, 1.82) is 0 Å². The van der Waals surface area contributed by atoms with Gasteiger partial charge in [-0.25, -0.2) is 13.4 Å². The first kappa shape index (κ1) is 15.7. The number of sulfonamides is 1. The lowest BCUT2D eigenvalue weighted by Gasteiger charge is -2.09. The fourth-order valence-electron chi connectivity index (χ4n) is 2.24. The molecule has 0 radical (unpaired) electrons. The van der Waals surface area contributed by atoms with Gasteiger partial charge in [-0.05, 0) is 43.7 Å². The Morgan fingerprint density at radius 2 is 1.83 bits per heavy atom. The summed E-state index contributed by atoms with van der Waals surface area (Å²) < 4.78 is 27.8. The maximum atomic E-state index is 12.6. The molecule has 0 atom stereocenters. The van der Waals surface area contributed by atoms with Gasteiger partial charge in [0.25, 0.3) is 10.0 Å². The van der Waals surface area contributed by atoms with Gasteiger partial charge in [0.15, 0.2) is 0 Å². The summed E-state index contributed by atoms with van der Waals surface area (Å²) in [5.74, 6) is 0. The Morgan fingerprint density at radius 1 is 1.04 bits per heavy atom. The van der Waals surface area contributed by atoms with E-state index in [1.54, 1.807) is 41.7 Å². The second-order valence-electron chi connectivity index (χ2n) is 5.25. The van der Waals surface area contributed by atoms with Gasteiger partial charge in [-0.3, -0.25) is 4.72 Å². The van der Waals surface area contributed by atoms with Crippen LogP contribution >= 0.6 is 11.3 Å². The number of aryl methyl sites for hydroxylation is 2. The highest BCUT2D eigenvalue weighted by Gasteiger charge is 2.15. The number of nitrogens with one attached hydrogen (secondary N) is 1. The van der Waals surface area contributed by atoms with Crippen LogP contribution < -0.4 is 4.72 Å². The highest BCUT2D eigenvalue weighted by molar-refractivity contribution is 7.92. The molecule has 0 amide bonds. The molecule has 0 unspecified atom stereocenters. The van der Waals surface area contributed by atoms with Crippen LogP contribution in [0.3, 0.4) is 0 Å². The minimum atomic E-state index is -3.63. The van der Waals surface area contributed by atoms with E-state index in [0.29, 0.717) is 5.69 Å². The van der Waals surface area contributed by atoms with Crippen LogP contribution in [-0.2, 0) is 10.0 Å². The maximum absolute atomic E-state index is 12.6. The summed E-state index contributed by atoms with van der Waals surface area (Å²) in [5.41, 5.74) is 3.14. The Hall–Kier alpha value is -2.18. The van der Waals surface area contributed by atoms with E-state index in [-0.39, 0.29) is 4.90 Å². The summed E-state index contributed by atoms with van der Waals surface area (Å²) in [7, 11) is -3.63. The number of hydrogen-bond acceptors (Lipinski definition) is 4. The summed E-state index contributed by atoms with van der Waals surface area (Å²) in [6.07, 6.45) is 0. The lowest BCUT2D eigenvalue weighted by atomic mass is 10.2. The first-order chi connectivity index (χ1) is 10.9. The van der Waals surface area contributed by atoms with Crippen molar-refractivity contribution in [2.24, 2.45) is 0 Å². The molecular formula is C17H16N2O2S2. The first-order valence-corrected chi connectivity index (χ1v) is 9.42. The summed E-state index contributed by atoms with van der Waals surface area (Å²) in [6, 6.07) is 14.1. The molecule has 0 spiro atoms. The van der Waals surface area contributed by atoms with Crippen molar-refractivity contribution in [3.63, 3.8) is 0 Å². The highest BCUT2D eigenvalue weighted by atomic mass is 32.2. The predicted molar refractivity (Wildman–Crippen MR) is 94.3 cm³/mol. The fraction of sp³-hybridized carbons (Fsp3) is 0.118. The van der Waals surface area contributed by atoms with Crippen molar-refractivity contribution < 1.29 is 8.42 Å². The Labute approximate surface area is 139 Å². The molecule has 6 heteroatoms. The smallest absolute Gasteiger partial charge is 0.261 e.